The molecule has 0 fully saturated rings. The summed E-state index contributed by atoms with van der Waals surface area (Å²) in [5, 5.41) is 12.0. The molecule has 2 aromatic heterocycles. The van der Waals surface area contributed by atoms with E-state index in [4.69, 9.17) is 4.74 Å². The molecule has 1 atom stereocenters. The highest BCUT2D eigenvalue weighted by molar-refractivity contribution is 5.58. The van der Waals surface area contributed by atoms with Crippen molar-refractivity contribution >= 4 is 0 Å². The van der Waals surface area contributed by atoms with Crippen molar-refractivity contribution in [1.29, 1.82) is 0 Å². The number of nitrogens with zero attached hydrogens (tertiary/aromatic N) is 5. The van der Waals surface area contributed by atoms with Crippen molar-refractivity contribution in [2.45, 2.75) is 25.7 Å². The van der Waals surface area contributed by atoms with E-state index in [1.165, 1.54) is 11.9 Å². The predicted molar refractivity (Wildman–Crippen MR) is 92.6 cm³/mol. The zero-order valence-corrected chi connectivity index (χ0v) is 13.9. The molecule has 128 valence electrons. The Hall–Kier alpha value is -2.64. The Morgan fingerprint density at radius 1 is 1.16 bits per heavy atom. The van der Waals surface area contributed by atoms with Crippen molar-refractivity contribution in [2.24, 2.45) is 0 Å². The number of nitrogens with one attached hydrogen (secondary N) is 1. The molecule has 1 N–H and O–H groups in total. The van der Waals surface area contributed by atoms with Gasteiger partial charge in [0.05, 0.1) is 24.9 Å². The number of ether oxygens (including phenoxy) is 1. The number of benzene rings is 1. The molecule has 25 heavy (non-hydrogen) atoms. The van der Waals surface area contributed by atoms with Crippen molar-refractivity contribution < 1.29 is 4.74 Å². The lowest BCUT2D eigenvalue weighted by Crippen LogP contribution is -2.37. The maximum Gasteiger partial charge on any atom is 0.121 e. The zero-order chi connectivity index (χ0) is 16.9. The Balaban J connectivity index is 1.31. The summed E-state index contributed by atoms with van der Waals surface area (Å²) in [6, 6.07) is 10.5. The molecule has 0 saturated heterocycles. The molecular weight excluding hydrogens is 316 g/mol. The lowest BCUT2D eigenvalue weighted by molar-refractivity contribution is 0.00157. The monoisotopic (exact) mass is 336 g/mol. The molecule has 0 amide bonds. The first kappa shape index (κ1) is 15.9. The molecule has 0 bridgehead atoms. The van der Waals surface area contributed by atoms with Gasteiger partial charge in [0.25, 0.3) is 0 Å². The zero-order valence-electron chi connectivity index (χ0n) is 13.9. The highest BCUT2D eigenvalue weighted by Gasteiger charge is 2.24. The van der Waals surface area contributed by atoms with Crippen LogP contribution < -0.4 is 5.32 Å². The molecule has 3 heterocycles. The Bertz CT molecular complexity index is 805. The van der Waals surface area contributed by atoms with E-state index in [2.05, 4.69) is 49.9 Å². The van der Waals surface area contributed by atoms with Crippen LogP contribution in [0.2, 0.25) is 0 Å². The van der Waals surface area contributed by atoms with E-state index < -0.39 is 0 Å². The summed E-state index contributed by atoms with van der Waals surface area (Å²) in [6.07, 6.45) is 6.11. The van der Waals surface area contributed by atoms with Crippen molar-refractivity contribution in [3.63, 3.8) is 0 Å². The minimum atomic E-state index is 0.102. The summed E-state index contributed by atoms with van der Waals surface area (Å²) in [7, 11) is 0. The first-order valence-electron chi connectivity index (χ1n) is 8.44. The maximum absolute atomic E-state index is 5.97. The van der Waals surface area contributed by atoms with Crippen LogP contribution in [0.4, 0.5) is 0 Å². The van der Waals surface area contributed by atoms with Gasteiger partial charge in [0.1, 0.15) is 12.0 Å². The minimum absolute atomic E-state index is 0.102. The van der Waals surface area contributed by atoms with E-state index in [-0.39, 0.29) is 6.10 Å². The van der Waals surface area contributed by atoms with E-state index in [1.54, 1.807) is 12.4 Å². The summed E-state index contributed by atoms with van der Waals surface area (Å²) in [5.41, 5.74) is 3.99. The van der Waals surface area contributed by atoms with Crippen LogP contribution in [0.5, 0.6) is 0 Å². The third-order valence-corrected chi connectivity index (χ3v) is 4.31. The van der Waals surface area contributed by atoms with E-state index >= 15 is 0 Å². The summed E-state index contributed by atoms with van der Waals surface area (Å²) in [6.45, 7) is 2.94. The van der Waals surface area contributed by atoms with E-state index in [1.807, 2.05) is 10.7 Å². The highest BCUT2D eigenvalue weighted by atomic mass is 16.5. The van der Waals surface area contributed by atoms with Gasteiger partial charge in [-0.3, -0.25) is 0 Å². The molecule has 0 unspecified atom stereocenters. The molecule has 7 nitrogen and oxygen atoms in total. The highest BCUT2D eigenvalue weighted by Crippen LogP contribution is 2.23. The van der Waals surface area contributed by atoms with Crippen LogP contribution in [0.1, 0.15) is 11.3 Å². The van der Waals surface area contributed by atoms with Crippen LogP contribution >= 0.6 is 0 Å². The summed E-state index contributed by atoms with van der Waals surface area (Å²) < 4.78 is 7.90. The fourth-order valence-corrected chi connectivity index (χ4v) is 2.97. The molecule has 4 rings (SSSR count). The third-order valence-electron chi connectivity index (χ3n) is 4.31. The van der Waals surface area contributed by atoms with Crippen molar-refractivity contribution in [1.82, 2.24) is 30.3 Å². The molecular formula is C18H20N6O. The van der Waals surface area contributed by atoms with Gasteiger partial charge >= 0.3 is 0 Å². The molecule has 1 aliphatic heterocycles. The lowest BCUT2D eigenvalue weighted by atomic mass is 10.1. The molecule has 0 radical (unpaired) electrons. The summed E-state index contributed by atoms with van der Waals surface area (Å²) in [5.74, 6) is 0. The first-order valence-corrected chi connectivity index (χ1v) is 8.44. The molecule has 3 aromatic rings. The third kappa shape index (κ3) is 3.72. The van der Waals surface area contributed by atoms with Crippen LogP contribution in [-0.4, -0.2) is 44.2 Å². The Morgan fingerprint density at radius 2 is 2.00 bits per heavy atom. The molecule has 0 saturated carbocycles. The van der Waals surface area contributed by atoms with Gasteiger partial charge in [0.15, 0.2) is 0 Å². The van der Waals surface area contributed by atoms with Crippen LogP contribution in [0.15, 0.2) is 49.1 Å². The van der Waals surface area contributed by atoms with Crippen molar-refractivity contribution in [3.05, 3.63) is 60.3 Å². The van der Waals surface area contributed by atoms with Gasteiger partial charge < -0.3 is 10.1 Å². The van der Waals surface area contributed by atoms with Gasteiger partial charge in [-0.25, -0.2) is 14.6 Å². The topological polar surface area (TPSA) is 77.8 Å². The molecule has 0 aliphatic carbocycles. The molecule has 1 aromatic carbocycles. The van der Waals surface area contributed by atoms with Crippen molar-refractivity contribution in [2.75, 3.05) is 13.1 Å². The number of rotatable bonds is 6. The molecule has 0 spiro atoms. The molecule has 1 aliphatic rings. The maximum atomic E-state index is 5.97. The van der Waals surface area contributed by atoms with Gasteiger partial charge in [-0.05, 0) is 18.5 Å². The predicted octanol–water partition coefficient (Wildman–Crippen LogP) is 1.47. The van der Waals surface area contributed by atoms with E-state index in [0.29, 0.717) is 13.2 Å². The number of hydrogen-bond donors (Lipinski definition) is 1. The Labute approximate surface area is 146 Å². The standard InChI is InChI=1S/C18H20N6O/c1-2-4-14(5-3-1)6-7-19-10-16-11-24-17(12-25-16)18(22-23-24)15-8-20-13-21-9-15/h1-5,8-9,13,16,19H,6-7,10-12H2/t16-/m1/s1. The average molecular weight is 336 g/mol. The molecule has 7 heteroatoms. The van der Waals surface area contributed by atoms with Gasteiger partial charge in [0.2, 0.25) is 0 Å². The van der Waals surface area contributed by atoms with Gasteiger partial charge in [-0.15, -0.1) is 5.10 Å². The summed E-state index contributed by atoms with van der Waals surface area (Å²) in [4.78, 5) is 8.08. The largest absolute Gasteiger partial charge is 0.369 e. The first-order chi connectivity index (χ1) is 12.4. The average Bonchev–Trinajstić information content (AvgIpc) is 3.10. The fraction of sp³-hybridized carbons (Fsp3) is 0.333. The van der Waals surface area contributed by atoms with E-state index in [9.17, 15) is 0 Å². The van der Waals surface area contributed by atoms with Crippen molar-refractivity contribution in [3.8, 4) is 11.3 Å². The van der Waals surface area contributed by atoms with Gasteiger partial charge in [-0.2, -0.15) is 0 Å². The number of aromatic nitrogens is 5. The summed E-state index contributed by atoms with van der Waals surface area (Å²) >= 11 is 0. The number of fused-ring (bicyclic) bond motifs is 1. The van der Waals surface area contributed by atoms with Crippen LogP contribution in [0.3, 0.4) is 0 Å². The second-order valence-electron chi connectivity index (χ2n) is 6.07. The van der Waals surface area contributed by atoms with E-state index in [0.717, 1.165) is 36.5 Å². The van der Waals surface area contributed by atoms with Gasteiger partial charge in [-0.1, -0.05) is 35.5 Å². The second kappa shape index (κ2) is 7.50. The van der Waals surface area contributed by atoms with Crippen LogP contribution in [0.25, 0.3) is 11.3 Å². The van der Waals surface area contributed by atoms with Crippen LogP contribution in [0, 0.1) is 0 Å². The SMILES string of the molecule is c1ccc(CCNC[C@@H]2Cn3nnc(-c4cncnc4)c3CO2)cc1. The Morgan fingerprint density at radius 3 is 2.84 bits per heavy atom. The van der Waals surface area contributed by atoms with Crippen LogP contribution in [-0.2, 0) is 24.3 Å². The number of hydrogen-bond acceptors (Lipinski definition) is 6. The Kier molecular flexibility index (Phi) is 4.76. The van der Waals surface area contributed by atoms with Gasteiger partial charge in [0, 0.05) is 24.5 Å². The second-order valence-corrected chi connectivity index (χ2v) is 6.07. The lowest BCUT2D eigenvalue weighted by Gasteiger charge is -2.24. The smallest absolute Gasteiger partial charge is 0.121 e. The fourth-order valence-electron chi connectivity index (χ4n) is 2.97. The minimum Gasteiger partial charge on any atom is -0.369 e. The quantitative estimate of drug-likeness (QED) is 0.687. The normalized spacial score (nSPS) is 16.6.